The first kappa shape index (κ1) is 13.4. The van der Waals surface area contributed by atoms with Gasteiger partial charge in [-0.25, -0.2) is 0 Å². The number of aliphatic hydroxyl groups excluding tert-OH is 1. The zero-order chi connectivity index (χ0) is 15.1. The van der Waals surface area contributed by atoms with Gasteiger partial charge in [-0.2, -0.15) is 9.78 Å². The third-order valence-corrected chi connectivity index (χ3v) is 4.42. The van der Waals surface area contributed by atoms with E-state index in [0.717, 1.165) is 5.76 Å². The SMILES string of the molecule is CC(O)c1nnc2n1N=C(c1ccco1)C(c1ccco1)S2. The van der Waals surface area contributed by atoms with Crippen molar-refractivity contribution in [2.45, 2.75) is 23.4 Å². The molecule has 3 aromatic heterocycles. The smallest absolute Gasteiger partial charge is 0.213 e. The molecule has 0 bridgehead atoms. The molecular weight excluding hydrogens is 304 g/mol. The fourth-order valence-corrected chi connectivity index (χ4v) is 3.32. The molecule has 0 aromatic carbocycles. The fourth-order valence-electron chi connectivity index (χ4n) is 2.26. The number of rotatable bonds is 3. The Morgan fingerprint density at radius 1 is 1.23 bits per heavy atom. The van der Waals surface area contributed by atoms with Crippen molar-refractivity contribution in [3.63, 3.8) is 0 Å². The maximum absolute atomic E-state index is 9.79. The lowest BCUT2D eigenvalue weighted by Gasteiger charge is -2.20. The van der Waals surface area contributed by atoms with E-state index in [0.29, 0.717) is 22.5 Å². The van der Waals surface area contributed by atoms with Gasteiger partial charge in [0.15, 0.2) is 11.6 Å². The highest BCUT2D eigenvalue weighted by Crippen LogP contribution is 2.41. The normalized spacial score (nSPS) is 18.8. The van der Waals surface area contributed by atoms with Crippen LogP contribution >= 0.6 is 11.8 Å². The van der Waals surface area contributed by atoms with Gasteiger partial charge in [-0.3, -0.25) is 0 Å². The molecule has 1 N–H and O–H groups in total. The van der Waals surface area contributed by atoms with Crippen LogP contribution in [0, 0.1) is 0 Å². The summed E-state index contributed by atoms with van der Waals surface area (Å²) in [5.41, 5.74) is 0.694. The number of fused-ring (bicyclic) bond motifs is 1. The summed E-state index contributed by atoms with van der Waals surface area (Å²) in [5, 5.41) is 22.9. The third kappa shape index (κ3) is 2.08. The first-order valence-electron chi connectivity index (χ1n) is 6.70. The maximum Gasteiger partial charge on any atom is 0.213 e. The van der Waals surface area contributed by atoms with Crippen molar-refractivity contribution < 1.29 is 13.9 Å². The van der Waals surface area contributed by atoms with Crippen LogP contribution in [0.4, 0.5) is 0 Å². The molecule has 112 valence electrons. The van der Waals surface area contributed by atoms with Gasteiger partial charge < -0.3 is 13.9 Å². The molecule has 0 saturated heterocycles. The average Bonchev–Trinajstić information content (AvgIpc) is 3.25. The lowest BCUT2D eigenvalue weighted by Crippen LogP contribution is -2.18. The zero-order valence-corrected chi connectivity index (χ0v) is 12.4. The third-order valence-electron chi connectivity index (χ3n) is 3.26. The van der Waals surface area contributed by atoms with Gasteiger partial charge in [0, 0.05) is 0 Å². The number of aromatic nitrogens is 3. The molecule has 0 amide bonds. The molecule has 0 aliphatic carbocycles. The van der Waals surface area contributed by atoms with Gasteiger partial charge in [0.05, 0.1) is 12.5 Å². The van der Waals surface area contributed by atoms with Crippen LogP contribution in [0.25, 0.3) is 0 Å². The molecule has 4 heterocycles. The van der Waals surface area contributed by atoms with Crippen LogP contribution in [-0.2, 0) is 0 Å². The summed E-state index contributed by atoms with van der Waals surface area (Å²) in [6.07, 6.45) is 2.46. The Morgan fingerprint density at radius 3 is 2.73 bits per heavy atom. The first-order valence-corrected chi connectivity index (χ1v) is 7.58. The molecule has 0 spiro atoms. The topological polar surface area (TPSA) is 89.6 Å². The fraction of sp³-hybridized carbons (Fsp3) is 0.214. The molecule has 2 unspecified atom stereocenters. The van der Waals surface area contributed by atoms with Crippen molar-refractivity contribution in [2.75, 3.05) is 0 Å². The minimum atomic E-state index is -0.761. The number of furan rings is 2. The minimum absolute atomic E-state index is 0.181. The number of nitrogens with zero attached hydrogens (tertiary/aromatic N) is 4. The molecule has 7 nitrogen and oxygen atoms in total. The zero-order valence-electron chi connectivity index (χ0n) is 11.6. The summed E-state index contributed by atoms with van der Waals surface area (Å²) in [6.45, 7) is 1.63. The van der Waals surface area contributed by atoms with E-state index in [-0.39, 0.29) is 5.25 Å². The molecular formula is C14H12N4O3S. The quantitative estimate of drug-likeness (QED) is 0.799. The van der Waals surface area contributed by atoms with E-state index in [1.807, 2.05) is 18.2 Å². The van der Waals surface area contributed by atoms with E-state index >= 15 is 0 Å². The van der Waals surface area contributed by atoms with Crippen LogP contribution in [-0.4, -0.2) is 25.7 Å². The molecule has 22 heavy (non-hydrogen) atoms. The van der Waals surface area contributed by atoms with Crippen molar-refractivity contribution in [2.24, 2.45) is 5.10 Å². The predicted octanol–water partition coefficient (Wildman–Crippen LogP) is 2.62. The van der Waals surface area contributed by atoms with Crippen LogP contribution in [0.15, 0.2) is 55.9 Å². The lowest BCUT2D eigenvalue weighted by atomic mass is 10.1. The van der Waals surface area contributed by atoms with E-state index < -0.39 is 6.10 Å². The molecule has 0 saturated carbocycles. The van der Waals surface area contributed by atoms with Gasteiger partial charge in [0.1, 0.15) is 22.8 Å². The number of hydrogen-bond donors (Lipinski definition) is 1. The Kier molecular flexibility index (Phi) is 3.12. The summed E-state index contributed by atoms with van der Waals surface area (Å²) in [4.78, 5) is 0. The molecule has 1 aliphatic rings. The Labute approximate surface area is 129 Å². The van der Waals surface area contributed by atoms with Crippen LogP contribution in [0.1, 0.15) is 35.6 Å². The molecule has 4 rings (SSSR count). The van der Waals surface area contributed by atoms with Crippen LogP contribution in [0.2, 0.25) is 0 Å². The van der Waals surface area contributed by atoms with Gasteiger partial charge in [0.25, 0.3) is 0 Å². The monoisotopic (exact) mass is 316 g/mol. The summed E-state index contributed by atoms with van der Waals surface area (Å²) < 4.78 is 12.6. The second-order valence-electron chi connectivity index (χ2n) is 4.80. The van der Waals surface area contributed by atoms with Crippen molar-refractivity contribution in [1.82, 2.24) is 14.9 Å². The predicted molar refractivity (Wildman–Crippen MR) is 78.6 cm³/mol. The van der Waals surface area contributed by atoms with Crippen molar-refractivity contribution in [3.05, 3.63) is 54.1 Å². The van der Waals surface area contributed by atoms with Crippen LogP contribution in [0.5, 0.6) is 0 Å². The second-order valence-corrected chi connectivity index (χ2v) is 5.88. The summed E-state index contributed by atoms with van der Waals surface area (Å²) >= 11 is 1.45. The molecule has 1 aliphatic heterocycles. The molecule has 0 fully saturated rings. The Hall–Kier alpha value is -2.32. The largest absolute Gasteiger partial charge is 0.468 e. The number of aliphatic hydroxyl groups is 1. The summed E-state index contributed by atoms with van der Waals surface area (Å²) in [5.74, 6) is 1.79. The van der Waals surface area contributed by atoms with Gasteiger partial charge in [0.2, 0.25) is 5.16 Å². The van der Waals surface area contributed by atoms with Gasteiger partial charge >= 0.3 is 0 Å². The summed E-state index contributed by atoms with van der Waals surface area (Å²) in [6, 6.07) is 7.36. The molecule has 3 aromatic rings. The molecule has 8 heteroatoms. The number of thioether (sulfide) groups is 1. The highest BCUT2D eigenvalue weighted by molar-refractivity contribution is 8.00. The lowest BCUT2D eigenvalue weighted by molar-refractivity contribution is 0.184. The molecule has 0 radical (unpaired) electrons. The van der Waals surface area contributed by atoms with E-state index in [4.69, 9.17) is 8.83 Å². The highest BCUT2D eigenvalue weighted by atomic mass is 32.2. The van der Waals surface area contributed by atoms with Crippen molar-refractivity contribution in [3.8, 4) is 0 Å². The number of hydrogen-bond acceptors (Lipinski definition) is 7. The van der Waals surface area contributed by atoms with E-state index in [1.165, 1.54) is 11.8 Å². The standard InChI is InChI=1S/C14H12N4O3S/c1-8(19)13-15-16-14-18(13)17-11(9-4-2-6-20-9)12(22-14)10-5-3-7-21-10/h2-8,12,19H,1H3. The van der Waals surface area contributed by atoms with Gasteiger partial charge in [-0.1, -0.05) is 11.8 Å². The Balaban J connectivity index is 1.87. The van der Waals surface area contributed by atoms with Gasteiger partial charge in [-0.05, 0) is 31.2 Å². The first-order chi connectivity index (χ1) is 10.7. The average molecular weight is 316 g/mol. The van der Waals surface area contributed by atoms with Crippen LogP contribution < -0.4 is 0 Å². The second kappa shape index (κ2) is 5.15. The van der Waals surface area contributed by atoms with E-state index in [1.54, 1.807) is 30.2 Å². The summed E-state index contributed by atoms with van der Waals surface area (Å²) in [7, 11) is 0. The van der Waals surface area contributed by atoms with Crippen molar-refractivity contribution >= 4 is 17.5 Å². The Bertz CT molecular complexity index is 805. The van der Waals surface area contributed by atoms with E-state index in [9.17, 15) is 5.11 Å². The Morgan fingerprint density at radius 2 is 2.05 bits per heavy atom. The molecule has 2 atom stereocenters. The maximum atomic E-state index is 9.79. The minimum Gasteiger partial charge on any atom is -0.468 e. The van der Waals surface area contributed by atoms with Crippen molar-refractivity contribution in [1.29, 1.82) is 0 Å². The van der Waals surface area contributed by atoms with E-state index in [2.05, 4.69) is 15.3 Å². The van der Waals surface area contributed by atoms with Crippen LogP contribution in [0.3, 0.4) is 0 Å². The van der Waals surface area contributed by atoms with Gasteiger partial charge in [-0.15, -0.1) is 10.2 Å². The highest BCUT2D eigenvalue weighted by Gasteiger charge is 2.33.